The minimum Gasteiger partial charge on any atom is -0.493 e. The SMILES string of the molecule is COc1cc(CN(C)C(=O)[C@H]2CCCN(S(=O)(=O)c3ccc4ccccc4c3)C2)cc(OC)c1OC. The molecule has 4 rings (SSSR count). The fourth-order valence-electron chi connectivity index (χ4n) is 4.73. The van der Waals surface area contributed by atoms with Crippen LogP contribution < -0.4 is 14.2 Å². The number of carbonyl (C=O) groups is 1. The molecule has 8 nitrogen and oxygen atoms in total. The maximum atomic E-state index is 13.4. The molecule has 0 bridgehead atoms. The first-order valence-electron chi connectivity index (χ1n) is 11.8. The van der Waals surface area contributed by atoms with Crippen molar-refractivity contribution in [2.75, 3.05) is 41.5 Å². The molecular weight excluding hydrogens is 480 g/mol. The number of methoxy groups -OCH3 is 3. The van der Waals surface area contributed by atoms with Crippen LogP contribution in [0.1, 0.15) is 18.4 Å². The smallest absolute Gasteiger partial charge is 0.243 e. The van der Waals surface area contributed by atoms with Gasteiger partial charge in [-0.3, -0.25) is 4.79 Å². The van der Waals surface area contributed by atoms with Crippen molar-refractivity contribution in [3.8, 4) is 17.2 Å². The number of nitrogens with zero attached hydrogens (tertiary/aromatic N) is 2. The summed E-state index contributed by atoms with van der Waals surface area (Å²) >= 11 is 0. The zero-order chi connectivity index (χ0) is 25.9. The molecule has 1 heterocycles. The van der Waals surface area contributed by atoms with Crippen LogP contribution in [0, 0.1) is 5.92 Å². The topological polar surface area (TPSA) is 85.4 Å². The van der Waals surface area contributed by atoms with Crippen LogP contribution in [0.2, 0.25) is 0 Å². The Morgan fingerprint density at radius 3 is 2.28 bits per heavy atom. The van der Waals surface area contributed by atoms with Crippen LogP contribution in [0.25, 0.3) is 10.8 Å². The van der Waals surface area contributed by atoms with Gasteiger partial charge in [-0.15, -0.1) is 0 Å². The van der Waals surface area contributed by atoms with Crippen molar-refractivity contribution < 1.29 is 27.4 Å². The van der Waals surface area contributed by atoms with Gasteiger partial charge in [-0.1, -0.05) is 30.3 Å². The quantitative estimate of drug-likeness (QED) is 0.455. The molecule has 0 unspecified atom stereocenters. The van der Waals surface area contributed by atoms with Crippen molar-refractivity contribution in [3.05, 3.63) is 60.2 Å². The average molecular weight is 513 g/mol. The molecule has 0 N–H and O–H groups in total. The van der Waals surface area contributed by atoms with Crippen LogP contribution in [-0.2, 0) is 21.4 Å². The number of rotatable bonds is 8. The molecule has 1 saturated heterocycles. The average Bonchev–Trinajstić information content (AvgIpc) is 2.91. The third-order valence-electron chi connectivity index (χ3n) is 6.61. The Hall–Kier alpha value is -3.30. The molecule has 0 spiro atoms. The number of amides is 1. The predicted molar refractivity (Wildman–Crippen MR) is 138 cm³/mol. The molecule has 1 atom stereocenters. The molecular formula is C27H32N2O6S. The summed E-state index contributed by atoms with van der Waals surface area (Å²) in [5.41, 5.74) is 0.816. The number of piperidine rings is 1. The zero-order valence-corrected chi connectivity index (χ0v) is 21.9. The summed E-state index contributed by atoms with van der Waals surface area (Å²) in [6, 6.07) is 16.4. The Balaban J connectivity index is 1.49. The van der Waals surface area contributed by atoms with Gasteiger partial charge >= 0.3 is 0 Å². The zero-order valence-electron chi connectivity index (χ0n) is 21.1. The molecule has 0 saturated carbocycles. The minimum absolute atomic E-state index is 0.0952. The van der Waals surface area contributed by atoms with E-state index in [1.54, 1.807) is 38.3 Å². The van der Waals surface area contributed by atoms with Gasteiger partial charge in [0.15, 0.2) is 11.5 Å². The normalized spacial score (nSPS) is 16.5. The summed E-state index contributed by atoms with van der Waals surface area (Å²) in [6.45, 7) is 0.882. The molecule has 192 valence electrons. The summed E-state index contributed by atoms with van der Waals surface area (Å²) in [6.07, 6.45) is 1.27. The van der Waals surface area contributed by atoms with Crippen molar-refractivity contribution in [1.29, 1.82) is 0 Å². The first kappa shape index (κ1) is 25.8. The van der Waals surface area contributed by atoms with Crippen LogP contribution in [0.3, 0.4) is 0 Å². The van der Waals surface area contributed by atoms with Crippen LogP contribution in [0.4, 0.5) is 0 Å². The molecule has 1 aliphatic heterocycles. The van der Waals surface area contributed by atoms with E-state index in [-0.39, 0.29) is 17.3 Å². The van der Waals surface area contributed by atoms with E-state index >= 15 is 0 Å². The summed E-state index contributed by atoms with van der Waals surface area (Å²) in [5.74, 6) is 0.999. The number of benzene rings is 3. The van der Waals surface area contributed by atoms with Gasteiger partial charge in [0.25, 0.3) is 0 Å². The molecule has 1 aliphatic rings. The Bertz CT molecular complexity index is 1330. The third kappa shape index (κ3) is 5.12. The lowest BCUT2D eigenvalue weighted by Gasteiger charge is -2.33. The highest BCUT2D eigenvalue weighted by molar-refractivity contribution is 7.89. The Morgan fingerprint density at radius 1 is 0.972 bits per heavy atom. The van der Waals surface area contributed by atoms with Crippen molar-refractivity contribution in [2.45, 2.75) is 24.3 Å². The highest BCUT2D eigenvalue weighted by Gasteiger charge is 2.34. The highest BCUT2D eigenvalue weighted by Crippen LogP contribution is 2.38. The first-order chi connectivity index (χ1) is 17.3. The van der Waals surface area contributed by atoms with E-state index in [1.807, 2.05) is 42.5 Å². The fourth-order valence-corrected chi connectivity index (χ4v) is 6.29. The highest BCUT2D eigenvalue weighted by atomic mass is 32.2. The number of hydrogen-bond donors (Lipinski definition) is 0. The van der Waals surface area contributed by atoms with E-state index < -0.39 is 15.9 Å². The van der Waals surface area contributed by atoms with Gasteiger partial charge in [-0.2, -0.15) is 4.31 Å². The molecule has 0 aliphatic carbocycles. The standard InChI is InChI=1S/C27H32N2O6S/c1-28(17-19-14-24(33-2)26(35-4)25(15-19)34-3)27(30)22-10-7-13-29(18-22)36(31,32)23-12-11-20-8-5-6-9-21(20)16-23/h5-6,8-9,11-12,14-16,22H,7,10,13,17-18H2,1-4H3/t22-/m0/s1. The third-order valence-corrected chi connectivity index (χ3v) is 8.47. The van der Waals surface area contributed by atoms with Crippen LogP contribution >= 0.6 is 0 Å². The minimum atomic E-state index is -3.71. The first-order valence-corrected chi connectivity index (χ1v) is 13.2. The number of sulfonamides is 1. The van der Waals surface area contributed by atoms with Gasteiger partial charge in [-0.05, 0) is 53.4 Å². The van der Waals surface area contributed by atoms with Gasteiger partial charge < -0.3 is 19.1 Å². The molecule has 3 aromatic carbocycles. The van der Waals surface area contributed by atoms with Gasteiger partial charge in [0.2, 0.25) is 21.7 Å². The molecule has 3 aromatic rings. The predicted octanol–water partition coefficient (Wildman–Crippen LogP) is 3.92. The number of fused-ring (bicyclic) bond motifs is 1. The van der Waals surface area contributed by atoms with Crippen molar-refractivity contribution in [1.82, 2.24) is 9.21 Å². The summed E-state index contributed by atoms with van der Waals surface area (Å²) in [7, 11) is 2.64. The van der Waals surface area contributed by atoms with Gasteiger partial charge in [0, 0.05) is 26.7 Å². The van der Waals surface area contributed by atoms with Crippen LogP contribution in [0.5, 0.6) is 17.2 Å². The van der Waals surface area contributed by atoms with Crippen LogP contribution in [0.15, 0.2) is 59.5 Å². The second-order valence-corrected chi connectivity index (χ2v) is 10.9. The largest absolute Gasteiger partial charge is 0.493 e. The van der Waals surface area contributed by atoms with E-state index in [0.717, 1.165) is 16.3 Å². The molecule has 1 amide bonds. The lowest BCUT2D eigenvalue weighted by Crippen LogP contribution is -2.45. The molecule has 36 heavy (non-hydrogen) atoms. The molecule has 9 heteroatoms. The van der Waals surface area contributed by atoms with E-state index in [9.17, 15) is 13.2 Å². The van der Waals surface area contributed by atoms with E-state index in [0.29, 0.717) is 43.2 Å². The maximum absolute atomic E-state index is 13.4. The van der Waals surface area contributed by atoms with Crippen molar-refractivity contribution in [3.63, 3.8) is 0 Å². The van der Waals surface area contributed by atoms with Gasteiger partial charge in [0.1, 0.15) is 0 Å². The lowest BCUT2D eigenvalue weighted by atomic mass is 9.98. The Kier molecular flexibility index (Phi) is 7.70. The maximum Gasteiger partial charge on any atom is 0.243 e. The summed E-state index contributed by atoms with van der Waals surface area (Å²) in [4.78, 5) is 15.2. The van der Waals surface area contributed by atoms with E-state index in [4.69, 9.17) is 14.2 Å². The molecule has 0 aromatic heterocycles. The Labute approximate surface area is 212 Å². The monoisotopic (exact) mass is 512 g/mol. The van der Waals surface area contributed by atoms with Crippen molar-refractivity contribution >= 4 is 26.7 Å². The van der Waals surface area contributed by atoms with Gasteiger partial charge in [-0.25, -0.2) is 8.42 Å². The molecule has 0 radical (unpaired) electrons. The molecule has 1 fully saturated rings. The summed E-state index contributed by atoms with van der Waals surface area (Å²) < 4.78 is 44.5. The number of ether oxygens (including phenoxy) is 3. The van der Waals surface area contributed by atoms with E-state index in [1.165, 1.54) is 11.4 Å². The van der Waals surface area contributed by atoms with Crippen LogP contribution in [-0.4, -0.2) is 65.0 Å². The fraction of sp³-hybridized carbons (Fsp3) is 0.370. The Morgan fingerprint density at radius 2 is 1.64 bits per heavy atom. The van der Waals surface area contributed by atoms with Crippen molar-refractivity contribution in [2.24, 2.45) is 5.92 Å². The van der Waals surface area contributed by atoms with E-state index in [2.05, 4.69) is 0 Å². The lowest BCUT2D eigenvalue weighted by molar-refractivity contribution is -0.135. The number of carbonyl (C=O) groups excluding carboxylic acids is 1. The second kappa shape index (κ2) is 10.8. The number of hydrogen-bond acceptors (Lipinski definition) is 6. The summed E-state index contributed by atoms with van der Waals surface area (Å²) in [5, 5.41) is 1.85. The second-order valence-electron chi connectivity index (χ2n) is 8.94. The van der Waals surface area contributed by atoms with Gasteiger partial charge in [0.05, 0.1) is 32.1 Å².